The van der Waals surface area contributed by atoms with Crippen molar-refractivity contribution in [2.75, 3.05) is 17.1 Å². The maximum atomic E-state index is 14.9. The molecule has 4 rings (SSSR count). The number of aryl methyl sites for hydroxylation is 2. The molecule has 0 saturated heterocycles. The molecule has 3 aromatic rings. The Bertz CT molecular complexity index is 1470. The van der Waals surface area contributed by atoms with Crippen molar-refractivity contribution in [3.63, 3.8) is 0 Å². The Kier molecular flexibility index (Phi) is 10.4. The van der Waals surface area contributed by atoms with Crippen molar-refractivity contribution in [1.82, 2.24) is 10.2 Å². The van der Waals surface area contributed by atoms with E-state index in [-0.39, 0.29) is 30.5 Å². The van der Waals surface area contributed by atoms with Gasteiger partial charge < -0.3 is 10.2 Å². The van der Waals surface area contributed by atoms with Gasteiger partial charge in [-0.15, -0.1) is 0 Å². The third-order valence-electron chi connectivity index (χ3n) is 7.69. The van der Waals surface area contributed by atoms with E-state index < -0.39 is 34.3 Å². The van der Waals surface area contributed by atoms with Crippen LogP contribution in [-0.4, -0.2) is 50.0 Å². The molecule has 0 spiro atoms. The average molecular weight is 594 g/mol. The molecule has 42 heavy (non-hydrogen) atoms. The Morgan fingerprint density at radius 2 is 1.55 bits per heavy atom. The van der Waals surface area contributed by atoms with Crippen molar-refractivity contribution in [1.29, 1.82) is 0 Å². The van der Waals surface area contributed by atoms with E-state index in [1.807, 2.05) is 50.2 Å². The smallest absolute Gasteiger partial charge is 0.244 e. The van der Waals surface area contributed by atoms with Gasteiger partial charge in [-0.3, -0.25) is 13.9 Å². The molecule has 224 valence electrons. The Morgan fingerprint density at radius 3 is 2.17 bits per heavy atom. The van der Waals surface area contributed by atoms with Crippen LogP contribution in [0.4, 0.5) is 10.1 Å². The predicted octanol–water partition coefficient (Wildman–Crippen LogP) is 5.30. The minimum atomic E-state index is -3.88. The highest BCUT2D eigenvalue weighted by atomic mass is 32.2. The van der Waals surface area contributed by atoms with Gasteiger partial charge in [-0.25, -0.2) is 12.8 Å². The third kappa shape index (κ3) is 8.41. The van der Waals surface area contributed by atoms with E-state index in [9.17, 15) is 22.4 Å². The van der Waals surface area contributed by atoms with Gasteiger partial charge in [-0.05, 0) is 61.6 Å². The van der Waals surface area contributed by atoms with Gasteiger partial charge in [0, 0.05) is 24.6 Å². The molecule has 0 aliphatic heterocycles. The van der Waals surface area contributed by atoms with Crippen molar-refractivity contribution in [3.8, 4) is 0 Å². The van der Waals surface area contributed by atoms with Crippen LogP contribution in [0.2, 0.25) is 0 Å². The van der Waals surface area contributed by atoms with Crippen molar-refractivity contribution >= 4 is 27.5 Å². The summed E-state index contributed by atoms with van der Waals surface area (Å²) in [6.07, 6.45) is 6.13. The zero-order valence-electron chi connectivity index (χ0n) is 24.6. The molecule has 0 heterocycles. The zero-order valence-corrected chi connectivity index (χ0v) is 25.4. The van der Waals surface area contributed by atoms with E-state index >= 15 is 0 Å². The van der Waals surface area contributed by atoms with E-state index in [0.717, 1.165) is 59.4 Å². The minimum absolute atomic E-state index is 0.00211. The number of amides is 2. The summed E-state index contributed by atoms with van der Waals surface area (Å²) in [6.45, 7) is 2.99. The van der Waals surface area contributed by atoms with Gasteiger partial charge in [0.2, 0.25) is 21.8 Å². The molecule has 0 bridgehead atoms. The standard InChI is InChI=1S/C33H40FN3O4S/c1-24-18-25(2)20-29(19-24)37(42(3,40)41)23-32(38)36(22-27-14-10-11-17-30(27)34)31(21-26-12-6-4-7-13-26)33(39)35-28-15-8-5-9-16-28/h4,6-7,10-14,17-20,28,31H,5,8-9,15-16,21-23H2,1-3H3,(H,35,39)/t31-/m0/s1. The van der Waals surface area contributed by atoms with Crippen LogP contribution >= 0.6 is 0 Å². The number of nitrogens with zero attached hydrogens (tertiary/aromatic N) is 2. The molecule has 1 aliphatic carbocycles. The highest BCUT2D eigenvalue weighted by Crippen LogP contribution is 2.24. The van der Waals surface area contributed by atoms with Gasteiger partial charge in [0.15, 0.2) is 0 Å². The molecule has 7 nitrogen and oxygen atoms in total. The number of hydrogen-bond donors (Lipinski definition) is 1. The highest BCUT2D eigenvalue weighted by Gasteiger charge is 2.34. The molecule has 0 aromatic heterocycles. The molecular weight excluding hydrogens is 553 g/mol. The lowest BCUT2D eigenvalue weighted by Crippen LogP contribution is -2.55. The molecule has 2 amide bonds. The lowest BCUT2D eigenvalue weighted by molar-refractivity contribution is -0.140. The number of rotatable bonds is 11. The van der Waals surface area contributed by atoms with Crippen LogP contribution in [-0.2, 0) is 32.6 Å². The summed E-state index contributed by atoms with van der Waals surface area (Å²) in [5.41, 5.74) is 3.14. The molecule has 0 unspecified atom stereocenters. The Labute approximate surface area is 248 Å². The van der Waals surface area contributed by atoms with Crippen molar-refractivity contribution in [2.24, 2.45) is 0 Å². The van der Waals surface area contributed by atoms with Gasteiger partial charge in [-0.1, -0.05) is 73.9 Å². The summed E-state index contributed by atoms with van der Waals surface area (Å²) in [7, 11) is -3.88. The second-order valence-corrected chi connectivity index (χ2v) is 13.2. The second-order valence-electron chi connectivity index (χ2n) is 11.3. The van der Waals surface area contributed by atoms with E-state index in [1.165, 1.54) is 11.0 Å². The van der Waals surface area contributed by atoms with Crippen LogP contribution in [0.3, 0.4) is 0 Å². The lowest BCUT2D eigenvalue weighted by Gasteiger charge is -2.35. The minimum Gasteiger partial charge on any atom is -0.352 e. The van der Waals surface area contributed by atoms with Crippen molar-refractivity contribution < 1.29 is 22.4 Å². The number of hydrogen-bond acceptors (Lipinski definition) is 4. The van der Waals surface area contributed by atoms with Gasteiger partial charge in [-0.2, -0.15) is 0 Å². The summed E-state index contributed by atoms with van der Waals surface area (Å²) in [4.78, 5) is 29.5. The lowest BCUT2D eigenvalue weighted by atomic mass is 9.94. The Morgan fingerprint density at radius 1 is 0.929 bits per heavy atom. The first kappa shape index (κ1) is 31.2. The summed E-state index contributed by atoms with van der Waals surface area (Å²) >= 11 is 0. The van der Waals surface area contributed by atoms with E-state index in [2.05, 4.69) is 5.32 Å². The third-order valence-corrected chi connectivity index (χ3v) is 8.84. The number of sulfonamides is 1. The van der Waals surface area contributed by atoms with E-state index in [4.69, 9.17) is 0 Å². The largest absolute Gasteiger partial charge is 0.352 e. The van der Waals surface area contributed by atoms with Crippen LogP contribution in [0.1, 0.15) is 54.4 Å². The number of benzene rings is 3. The number of anilines is 1. The molecule has 1 N–H and O–H groups in total. The summed E-state index contributed by atoms with van der Waals surface area (Å²) in [5.74, 6) is -1.42. The SMILES string of the molecule is Cc1cc(C)cc(N(CC(=O)N(Cc2ccccc2F)[C@@H](Cc2ccccc2)C(=O)NC2CCCCC2)S(C)(=O)=O)c1. The topological polar surface area (TPSA) is 86.8 Å². The molecule has 1 fully saturated rings. The molecule has 3 aromatic carbocycles. The Hall–Kier alpha value is -3.72. The van der Waals surface area contributed by atoms with E-state index in [1.54, 1.807) is 30.3 Å². The molecule has 0 radical (unpaired) electrons. The van der Waals surface area contributed by atoms with Crippen LogP contribution in [0.5, 0.6) is 0 Å². The van der Waals surface area contributed by atoms with Gasteiger partial charge in [0.25, 0.3) is 0 Å². The quantitative estimate of drug-likeness (QED) is 0.327. The normalized spacial score (nSPS) is 14.7. The van der Waals surface area contributed by atoms with Crippen LogP contribution in [0, 0.1) is 19.7 Å². The average Bonchev–Trinajstić information content (AvgIpc) is 2.94. The Balaban J connectivity index is 1.74. The molecule has 1 saturated carbocycles. The monoisotopic (exact) mass is 593 g/mol. The van der Waals surface area contributed by atoms with Crippen molar-refractivity contribution in [2.45, 2.75) is 71.0 Å². The summed E-state index contributed by atoms with van der Waals surface area (Å²) in [5, 5.41) is 3.15. The maximum Gasteiger partial charge on any atom is 0.244 e. The van der Waals surface area contributed by atoms with Gasteiger partial charge in [0.05, 0.1) is 11.9 Å². The zero-order chi connectivity index (χ0) is 30.3. The fraction of sp³-hybridized carbons (Fsp3) is 0.394. The number of nitrogens with one attached hydrogen (secondary N) is 1. The van der Waals surface area contributed by atoms with Crippen molar-refractivity contribution in [3.05, 3.63) is 101 Å². The van der Waals surface area contributed by atoms with E-state index in [0.29, 0.717) is 5.69 Å². The number of carbonyl (C=O) groups is 2. The second kappa shape index (κ2) is 14.0. The first-order chi connectivity index (χ1) is 20.0. The van der Waals surface area contributed by atoms with Gasteiger partial charge >= 0.3 is 0 Å². The first-order valence-electron chi connectivity index (χ1n) is 14.4. The van der Waals surface area contributed by atoms with Crippen LogP contribution < -0.4 is 9.62 Å². The molecule has 1 aliphatic rings. The maximum absolute atomic E-state index is 14.9. The fourth-order valence-corrected chi connectivity index (χ4v) is 6.45. The van der Waals surface area contributed by atoms with Crippen LogP contribution in [0.25, 0.3) is 0 Å². The summed E-state index contributed by atoms with van der Waals surface area (Å²) < 4.78 is 42.0. The van der Waals surface area contributed by atoms with Crippen LogP contribution in [0.15, 0.2) is 72.8 Å². The predicted molar refractivity (Wildman–Crippen MR) is 164 cm³/mol. The fourth-order valence-electron chi connectivity index (χ4n) is 5.62. The molecule has 1 atom stereocenters. The number of carbonyl (C=O) groups excluding carboxylic acids is 2. The summed E-state index contributed by atoms with van der Waals surface area (Å²) in [6, 6.07) is 19.8. The molecular formula is C33H40FN3O4S. The van der Waals surface area contributed by atoms with Gasteiger partial charge in [0.1, 0.15) is 18.4 Å². The highest BCUT2D eigenvalue weighted by molar-refractivity contribution is 7.92. The first-order valence-corrected chi connectivity index (χ1v) is 16.3. The molecule has 9 heteroatoms. The number of halogens is 1.